The Kier molecular flexibility index (Phi) is 4.64. The van der Waals surface area contributed by atoms with Gasteiger partial charge in [-0.05, 0) is 56.3 Å². The summed E-state index contributed by atoms with van der Waals surface area (Å²) in [5, 5.41) is 0. The molecule has 106 valence electrons. The van der Waals surface area contributed by atoms with Crippen molar-refractivity contribution < 1.29 is 0 Å². The van der Waals surface area contributed by atoms with Crippen molar-refractivity contribution >= 4 is 0 Å². The summed E-state index contributed by atoms with van der Waals surface area (Å²) in [5.74, 6) is 0.613. The van der Waals surface area contributed by atoms with E-state index >= 15 is 0 Å². The number of piperidine rings is 1. The van der Waals surface area contributed by atoms with Crippen LogP contribution >= 0.6 is 0 Å². The zero-order valence-corrected chi connectivity index (χ0v) is 12.7. The number of rotatable bonds is 4. The van der Waals surface area contributed by atoms with E-state index in [-0.39, 0.29) is 5.54 Å². The number of hydrogen-bond acceptors (Lipinski definition) is 2. The Morgan fingerprint density at radius 2 is 1.95 bits per heavy atom. The van der Waals surface area contributed by atoms with Crippen LogP contribution in [0.3, 0.4) is 0 Å². The minimum atomic E-state index is 0.0176. The molecule has 2 heteroatoms. The van der Waals surface area contributed by atoms with Gasteiger partial charge in [-0.15, -0.1) is 0 Å². The Hall–Kier alpha value is -0.860. The van der Waals surface area contributed by atoms with Gasteiger partial charge in [0.1, 0.15) is 0 Å². The summed E-state index contributed by atoms with van der Waals surface area (Å²) < 4.78 is 0. The van der Waals surface area contributed by atoms with Crippen LogP contribution in [0.5, 0.6) is 0 Å². The first-order valence-corrected chi connectivity index (χ1v) is 7.55. The van der Waals surface area contributed by atoms with Gasteiger partial charge in [0, 0.05) is 12.1 Å². The summed E-state index contributed by atoms with van der Waals surface area (Å²) in [7, 11) is 2.18. The maximum absolute atomic E-state index is 6.53. The second-order valence-electron chi connectivity index (χ2n) is 6.60. The van der Waals surface area contributed by atoms with E-state index in [1.165, 1.54) is 30.5 Å². The van der Waals surface area contributed by atoms with Crippen LogP contribution in [0.15, 0.2) is 24.3 Å². The van der Waals surface area contributed by atoms with Gasteiger partial charge in [-0.2, -0.15) is 0 Å². The number of nitrogens with two attached hydrogens (primary N) is 1. The molecule has 1 aromatic rings. The summed E-state index contributed by atoms with van der Waals surface area (Å²) >= 11 is 0. The Labute approximate surface area is 118 Å². The average molecular weight is 260 g/mol. The lowest BCUT2D eigenvalue weighted by molar-refractivity contribution is 0.170. The molecule has 19 heavy (non-hydrogen) atoms. The van der Waals surface area contributed by atoms with Crippen molar-refractivity contribution in [3.63, 3.8) is 0 Å². The molecule has 1 saturated heterocycles. The highest BCUT2D eigenvalue weighted by molar-refractivity contribution is 5.25. The highest BCUT2D eigenvalue weighted by atomic mass is 15.1. The second-order valence-corrected chi connectivity index (χ2v) is 6.60. The molecule has 0 bridgehead atoms. The molecule has 0 aliphatic carbocycles. The van der Waals surface area contributed by atoms with Gasteiger partial charge in [0.05, 0.1) is 0 Å². The monoisotopic (exact) mass is 260 g/mol. The molecule has 0 saturated carbocycles. The van der Waals surface area contributed by atoms with E-state index < -0.39 is 0 Å². The molecule has 1 heterocycles. The highest BCUT2D eigenvalue weighted by Gasteiger charge is 2.29. The molecule has 2 rings (SSSR count). The molecule has 2 nitrogen and oxygen atoms in total. The number of benzene rings is 1. The maximum Gasteiger partial charge on any atom is 0.0286 e. The van der Waals surface area contributed by atoms with Crippen LogP contribution in [-0.2, 0) is 6.42 Å². The van der Waals surface area contributed by atoms with Crippen LogP contribution in [0.1, 0.15) is 50.2 Å². The predicted octanol–water partition coefficient (Wildman–Crippen LogP) is 3.17. The van der Waals surface area contributed by atoms with Crippen LogP contribution in [0, 0.1) is 0 Å². The number of hydrogen-bond donors (Lipinski definition) is 1. The second kappa shape index (κ2) is 6.06. The normalized spacial score (nSPS) is 24.9. The highest BCUT2D eigenvalue weighted by Crippen LogP contribution is 2.23. The fourth-order valence-electron chi connectivity index (χ4n) is 3.06. The van der Waals surface area contributed by atoms with Crippen molar-refractivity contribution in [2.45, 2.75) is 51.0 Å². The minimum Gasteiger partial charge on any atom is -0.324 e. The molecule has 0 amide bonds. The van der Waals surface area contributed by atoms with E-state index in [1.807, 2.05) is 0 Å². The zero-order valence-electron chi connectivity index (χ0n) is 12.7. The summed E-state index contributed by atoms with van der Waals surface area (Å²) in [6, 6.07) is 9.06. The lowest BCUT2D eigenvalue weighted by atomic mass is 9.84. The van der Waals surface area contributed by atoms with Gasteiger partial charge in [-0.1, -0.05) is 38.1 Å². The van der Waals surface area contributed by atoms with E-state index in [1.54, 1.807) is 0 Å². The number of nitrogens with zero attached hydrogens (tertiary/aromatic N) is 1. The fourth-order valence-corrected chi connectivity index (χ4v) is 3.06. The van der Waals surface area contributed by atoms with Crippen molar-refractivity contribution in [3.05, 3.63) is 35.4 Å². The lowest BCUT2D eigenvalue weighted by Gasteiger charge is -2.38. The maximum atomic E-state index is 6.53. The molecular formula is C17H28N2. The van der Waals surface area contributed by atoms with E-state index in [9.17, 15) is 0 Å². The molecule has 0 aromatic heterocycles. The van der Waals surface area contributed by atoms with Crippen LogP contribution in [0.4, 0.5) is 0 Å². The molecular weight excluding hydrogens is 232 g/mol. The van der Waals surface area contributed by atoms with E-state index in [2.05, 4.69) is 50.1 Å². The van der Waals surface area contributed by atoms with E-state index in [4.69, 9.17) is 5.73 Å². The van der Waals surface area contributed by atoms with Gasteiger partial charge >= 0.3 is 0 Å². The average Bonchev–Trinajstić information content (AvgIpc) is 2.37. The van der Waals surface area contributed by atoms with Gasteiger partial charge in [0.15, 0.2) is 0 Å². The molecule has 1 aliphatic rings. The number of aryl methyl sites for hydroxylation is 1. The minimum absolute atomic E-state index is 0.0176. The topological polar surface area (TPSA) is 29.3 Å². The summed E-state index contributed by atoms with van der Waals surface area (Å²) in [5.41, 5.74) is 9.39. The Morgan fingerprint density at radius 3 is 2.53 bits per heavy atom. The largest absolute Gasteiger partial charge is 0.324 e. The Balaban J connectivity index is 1.91. The molecule has 2 N–H and O–H groups in total. The fraction of sp³-hybridized carbons (Fsp3) is 0.647. The summed E-state index contributed by atoms with van der Waals surface area (Å²) in [6.07, 6.45) is 4.60. The molecule has 1 aliphatic heterocycles. The van der Waals surface area contributed by atoms with Crippen molar-refractivity contribution in [2.75, 3.05) is 20.1 Å². The summed E-state index contributed by atoms with van der Waals surface area (Å²) in [4.78, 5) is 2.37. The van der Waals surface area contributed by atoms with Crippen molar-refractivity contribution in [1.82, 2.24) is 4.90 Å². The molecule has 1 aromatic carbocycles. The molecule has 0 spiro atoms. The van der Waals surface area contributed by atoms with Crippen LogP contribution in [0.25, 0.3) is 0 Å². The quantitative estimate of drug-likeness (QED) is 0.901. The van der Waals surface area contributed by atoms with Crippen LogP contribution in [0.2, 0.25) is 0 Å². The van der Waals surface area contributed by atoms with Gasteiger partial charge in [0.2, 0.25) is 0 Å². The SMILES string of the molecule is CC(C)c1ccc(CCC2(N)CCCN(C)C2)cc1. The first-order valence-electron chi connectivity index (χ1n) is 7.55. The third-order valence-electron chi connectivity index (χ3n) is 4.36. The lowest BCUT2D eigenvalue weighted by Crippen LogP contribution is -2.53. The molecule has 0 radical (unpaired) electrons. The molecule has 1 unspecified atom stereocenters. The zero-order chi connectivity index (χ0) is 13.9. The smallest absolute Gasteiger partial charge is 0.0286 e. The van der Waals surface area contributed by atoms with Gasteiger partial charge in [-0.25, -0.2) is 0 Å². The number of likely N-dealkylation sites (N-methyl/N-ethyl adjacent to an activating group) is 1. The summed E-state index contributed by atoms with van der Waals surface area (Å²) in [6.45, 7) is 6.71. The standard InChI is InChI=1S/C17H28N2/c1-14(2)16-7-5-15(6-8-16)9-11-17(18)10-4-12-19(3)13-17/h5-8,14H,4,9-13,18H2,1-3H3. The first-order chi connectivity index (χ1) is 8.98. The van der Waals surface area contributed by atoms with E-state index in [0.29, 0.717) is 5.92 Å². The Morgan fingerprint density at radius 1 is 1.26 bits per heavy atom. The van der Waals surface area contributed by atoms with Gasteiger partial charge < -0.3 is 10.6 Å². The predicted molar refractivity (Wildman–Crippen MR) is 82.5 cm³/mol. The third kappa shape index (κ3) is 4.05. The van der Waals surface area contributed by atoms with Gasteiger partial charge in [0.25, 0.3) is 0 Å². The van der Waals surface area contributed by atoms with E-state index in [0.717, 1.165) is 19.4 Å². The van der Waals surface area contributed by atoms with Crippen molar-refractivity contribution in [3.8, 4) is 0 Å². The third-order valence-corrected chi connectivity index (χ3v) is 4.36. The molecule has 1 atom stereocenters. The van der Waals surface area contributed by atoms with Crippen LogP contribution < -0.4 is 5.73 Å². The number of likely N-dealkylation sites (tertiary alicyclic amines) is 1. The Bertz CT molecular complexity index is 396. The van der Waals surface area contributed by atoms with Gasteiger partial charge in [-0.3, -0.25) is 0 Å². The van der Waals surface area contributed by atoms with Crippen molar-refractivity contribution in [1.29, 1.82) is 0 Å². The van der Waals surface area contributed by atoms with Crippen LogP contribution in [-0.4, -0.2) is 30.6 Å². The first kappa shape index (κ1) is 14.5. The van der Waals surface area contributed by atoms with Crippen molar-refractivity contribution in [2.24, 2.45) is 5.73 Å². The molecule has 1 fully saturated rings.